The van der Waals surface area contributed by atoms with Crippen LogP contribution in [0.15, 0.2) is 6.20 Å². The SMILES string of the molecule is CCn1cc(COCCNC(C)C)nn1. The molecule has 0 amide bonds. The standard InChI is InChI=1S/C10H20N4O/c1-4-14-7-10(12-13-14)8-15-6-5-11-9(2)3/h7,9,11H,4-6,8H2,1-3H3. The molecule has 0 atom stereocenters. The largest absolute Gasteiger partial charge is 0.374 e. The molecule has 0 saturated heterocycles. The van der Waals surface area contributed by atoms with Crippen LogP contribution in [0, 0.1) is 0 Å². The second-order valence-electron chi connectivity index (χ2n) is 3.73. The van der Waals surface area contributed by atoms with Crippen LogP contribution in [0.4, 0.5) is 0 Å². The van der Waals surface area contributed by atoms with Crippen molar-refractivity contribution in [2.24, 2.45) is 0 Å². The molecule has 15 heavy (non-hydrogen) atoms. The molecular weight excluding hydrogens is 192 g/mol. The van der Waals surface area contributed by atoms with Crippen molar-refractivity contribution in [3.8, 4) is 0 Å². The van der Waals surface area contributed by atoms with Crippen LogP contribution in [0.2, 0.25) is 0 Å². The number of nitrogens with one attached hydrogen (secondary N) is 1. The minimum absolute atomic E-state index is 0.509. The fraction of sp³-hybridized carbons (Fsp3) is 0.800. The van der Waals surface area contributed by atoms with Gasteiger partial charge in [-0.05, 0) is 6.92 Å². The molecule has 0 bridgehead atoms. The average molecular weight is 212 g/mol. The summed E-state index contributed by atoms with van der Waals surface area (Å²) in [5, 5.41) is 11.2. The zero-order valence-electron chi connectivity index (χ0n) is 9.73. The number of rotatable bonds is 7. The zero-order chi connectivity index (χ0) is 11.1. The first-order valence-electron chi connectivity index (χ1n) is 5.42. The third-order valence-corrected chi connectivity index (χ3v) is 1.96. The van der Waals surface area contributed by atoms with Gasteiger partial charge in [-0.2, -0.15) is 0 Å². The lowest BCUT2D eigenvalue weighted by molar-refractivity contribution is 0.119. The summed E-state index contributed by atoms with van der Waals surface area (Å²) in [5.41, 5.74) is 0.890. The smallest absolute Gasteiger partial charge is 0.108 e. The minimum Gasteiger partial charge on any atom is -0.374 e. The molecule has 0 spiro atoms. The highest BCUT2D eigenvalue weighted by molar-refractivity contribution is 4.89. The molecule has 1 aromatic heterocycles. The van der Waals surface area contributed by atoms with E-state index in [1.165, 1.54) is 0 Å². The van der Waals surface area contributed by atoms with Crippen LogP contribution < -0.4 is 5.32 Å². The maximum absolute atomic E-state index is 5.45. The number of hydrogen-bond donors (Lipinski definition) is 1. The predicted molar refractivity (Wildman–Crippen MR) is 58.5 cm³/mol. The normalized spacial score (nSPS) is 11.2. The van der Waals surface area contributed by atoms with Gasteiger partial charge in [-0.3, -0.25) is 4.68 Å². The number of aryl methyl sites for hydroxylation is 1. The Morgan fingerprint density at radius 2 is 2.33 bits per heavy atom. The summed E-state index contributed by atoms with van der Waals surface area (Å²) in [4.78, 5) is 0. The van der Waals surface area contributed by atoms with E-state index in [4.69, 9.17) is 4.74 Å². The molecule has 5 heteroatoms. The maximum atomic E-state index is 5.45. The van der Waals surface area contributed by atoms with Gasteiger partial charge in [-0.1, -0.05) is 19.1 Å². The lowest BCUT2D eigenvalue weighted by Gasteiger charge is -2.07. The van der Waals surface area contributed by atoms with E-state index < -0.39 is 0 Å². The van der Waals surface area contributed by atoms with Gasteiger partial charge in [-0.25, -0.2) is 0 Å². The molecule has 0 saturated carbocycles. The van der Waals surface area contributed by atoms with E-state index in [-0.39, 0.29) is 0 Å². The summed E-state index contributed by atoms with van der Waals surface area (Å²) in [6, 6.07) is 0.509. The quantitative estimate of drug-likeness (QED) is 0.680. The molecule has 86 valence electrons. The average Bonchev–Trinajstić information content (AvgIpc) is 2.65. The first-order valence-corrected chi connectivity index (χ1v) is 5.42. The fourth-order valence-corrected chi connectivity index (χ4v) is 1.16. The molecule has 0 aromatic carbocycles. The zero-order valence-corrected chi connectivity index (χ0v) is 9.73. The second kappa shape index (κ2) is 6.53. The van der Waals surface area contributed by atoms with Gasteiger partial charge < -0.3 is 10.1 Å². The summed E-state index contributed by atoms with van der Waals surface area (Å²) >= 11 is 0. The van der Waals surface area contributed by atoms with Gasteiger partial charge in [0.1, 0.15) is 5.69 Å². The van der Waals surface area contributed by atoms with Crippen molar-refractivity contribution in [3.05, 3.63) is 11.9 Å². The Balaban J connectivity index is 2.09. The van der Waals surface area contributed by atoms with Crippen LogP contribution in [0.25, 0.3) is 0 Å². The molecule has 0 aliphatic heterocycles. The van der Waals surface area contributed by atoms with Crippen LogP contribution in [-0.4, -0.2) is 34.2 Å². The molecule has 1 aromatic rings. The van der Waals surface area contributed by atoms with Crippen molar-refractivity contribution < 1.29 is 4.74 Å². The Labute approximate surface area is 90.8 Å². The molecule has 0 aliphatic rings. The Hall–Kier alpha value is -0.940. The van der Waals surface area contributed by atoms with Crippen molar-refractivity contribution in [2.45, 2.75) is 40.0 Å². The van der Waals surface area contributed by atoms with E-state index in [2.05, 4.69) is 29.5 Å². The third-order valence-electron chi connectivity index (χ3n) is 1.96. The lowest BCUT2D eigenvalue weighted by Crippen LogP contribution is -2.26. The van der Waals surface area contributed by atoms with E-state index in [0.717, 1.165) is 18.8 Å². The predicted octanol–water partition coefficient (Wildman–Crippen LogP) is 0.813. The summed E-state index contributed by atoms with van der Waals surface area (Å²) in [7, 11) is 0. The summed E-state index contributed by atoms with van der Waals surface area (Å²) in [6.07, 6.45) is 1.91. The minimum atomic E-state index is 0.509. The highest BCUT2D eigenvalue weighted by Gasteiger charge is 1.99. The van der Waals surface area contributed by atoms with Crippen LogP contribution in [-0.2, 0) is 17.9 Å². The van der Waals surface area contributed by atoms with E-state index in [1.807, 2.05) is 13.1 Å². The number of aromatic nitrogens is 3. The summed E-state index contributed by atoms with van der Waals surface area (Å²) in [5.74, 6) is 0. The van der Waals surface area contributed by atoms with Gasteiger partial charge in [0, 0.05) is 19.1 Å². The summed E-state index contributed by atoms with van der Waals surface area (Å²) < 4.78 is 7.25. The van der Waals surface area contributed by atoms with Gasteiger partial charge >= 0.3 is 0 Å². The number of nitrogens with zero attached hydrogens (tertiary/aromatic N) is 3. The Morgan fingerprint density at radius 1 is 1.53 bits per heavy atom. The van der Waals surface area contributed by atoms with E-state index in [9.17, 15) is 0 Å². The van der Waals surface area contributed by atoms with Crippen molar-refractivity contribution >= 4 is 0 Å². The first kappa shape index (κ1) is 12.1. The highest BCUT2D eigenvalue weighted by atomic mass is 16.5. The fourth-order valence-electron chi connectivity index (χ4n) is 1.16. The topological polar surface area (TPSA) is 52.0 Å². The van der Waals surface area contributed by atoms with Crippen molar-refractivity contribution in [1.29, 1.82) is 0 Å². The van der Waals surface area contributed by atoms with Crippen LogP contribution >= 0.6 is 0 Å². The molecule has 0 unspecified atom stereocenters. The Morgan fingerprint density at radius 3 is 2.93 bits per heavy atom. The Kier molecular flexibility index (Phi) is 5.28. The van der Waals surface area contributed by atoms with Gasteiger partial charge in [0.25, 0.3) is 0 Å². The molecular formula is C10H20N4O. The van der Waals surface area contributed by atoms with Gasteiger partial charge in [-0.15, -0.1) is 5.10 Å². The van der Waals surface area contributed by atoms with Gasteiger partial charge in [0.2, 0.25) is 0 Å². The van der Waals surface area contributed by atoms with E-state index in [1.54, 1.807) is 4.68 Å². The number of hydrogen-bond acceptors (Lipinski definition) is 4. The van der Waals surface area contributed by atoms with Crippen molar-refractivity contribution in [1.82, 2.24) is 20.3 Å². The molecule has 0 fully saturated rings. The lowest BCUT2D eigenvalue weighted by atomic mass is 10.4. The molecule has 0 aliphatic carbocycles. The molecule has 5 nitrogen and oxygen atoms in total. The molecule has 1 N–H and O–H groups in total. The molecule has 1 heterocycles. The van der Waals surface area contributed by atoms with Crippen LogP contribution in [0.3, 0.4) is 0 Å². The maximum Gasteiger partial charge on any atom is 0.108 e. The first-order chi connectivity index (χ1) is 7.22. The van der Waals surface area contributed by atoms with Crippen LogP contribution in [0.1, 0.15) is 26.5 Å². The van der Waals surface area contributed by atoms with Crippen molar-refractivity contribution in [3.63, 3.8) is 0 Å². The molecule has 0 radical (unpaired) electrons. The third kappa shape index (κ3) is 4.90. The Bertz CT molecular complexity index is 272. The van der Waals surface area contributed by atoms with Crippen molar-refractivity contribution in [2.75, 3.05) is 13.2 Å². The number of ether oxygens (including phenoxy) is 1. The van der Waals surface area contributed by atoms with Crippen LogP contribution in [0.5, 0.6) is 0 Å². The van der Waals surface area contributed by atoms with E-state index >= 15 is 0 Å². The van der Waals surface area contributed by atoms with E-state index in [0.29, 0.717) is 19.3 Å². The molecule has 1 rings (SSSR count). The second-order valence-corrected chi connectivity index (χ2v) is 3.73. The monoisotopic (exact) mass is 212 g/mol. The summed E-state index contributed by atoms with van der Waals surface area (Å²) in [6.45, 7) is 9.24. The van der Waals surface area contributed by atoms with Gasteiger partial charge in [0.05, 0.1) is 19.4 Å². The highest BCUT2D eigenvalue weighted by Crippen LogP contribution is 1.95. The van der Waals surface area contributed by atoms with Gasteiger partial charge in [0.15, 0.2) is 0 Å².